The van der Waals surface area contributed by atoms with Crippen molar-refractivity contribution in [1.29, 1.82) is 0 Å². The Morgan fingerprint density at radius 2 is 2.23 bits per heavy atom. The zero-order chi connectivity index (χ0) is 15.4. The molecule has 6 heteroatoms. The smallest absolute Gasteiger partial charge is 0.246 e. The molecule has 0 spiro atoms. The average Bonchev–Trinajstić information content (AvgIpc) is 2.98. The molecule has 1 aromatic rings. The second-order valence-electron chi connectivity index (χ2n) is 5.63. The summed E-state index contributed by atoms with van der Waals surface area (Å²) in [7, 11) is 0. The third kappa shape index (κ3) is 3.62. The van der Waals surface area contributed by atoms with Crippen LogP contribution < -0.4 is 15.5 Å². The molecule has 5 nitrogen and oxygen atoms in total. The number of carbonyl (C=O) groups excluding carboxylic acids is 2. The second kappa shape index (κ2) is 7.15. The van der Waals surface area contributed by atoms with Gasteiger partial charge in [-0.25, -0.2) is 0 Å². The summed E-state index contributed by atoms with van der Waals surface area (Å²) in [6.45, 7) is 1.73. The Hall–Kier alpha value is -1.53. The van der Waals surface area contributed by atoms with Crippen molar-refractivity contribution in [2.75, 3.05) is 36.0 Å². The van der Waals surface area contributed by atoms with Gasteiger partial charge in [-0.1, -0.05) is 18.2 Å². The number of thioether (sulfide) groups is 1. The number of carbonyl (C=O) groups is 2. The van der Waals surface area contributed by atoms with Gasteiger partial charge in [0.15, 0.2) is 0 Å². The minimum atomic E-state index is -0.0548. The van der Waals surface area contributed by atoms with Crippen molar-refractivity contribution in [3.8, 4) is 0 Å². The van der Waals surface area contributed by atoms with Crippen LogP contribution in [0.3, 0.4) is 0 Å². The van der Waals surface area contributed by atoms with E-state index in [0.717, 1.165) is 30.2 Å². The third-order valence-corrected chi connectivity index (χ3v) is 5.19. The number of rotatable bonds is 4. The standard InChI is InChI=1S/C16H21N3O2S/c20-15(9-13-11-22-8-6-17-13)18-10-16(21)19-7-5-12-3-1-2-4-14(12)19/h1-4,13,17H,5-11H2,(H,18,20). The van der Waals surface area contributed by atoms with Crippen molar-refractivity contribution in [2.24, 2.45) is 0 Å². The molecule has 2 N–H and O–H groups in total. The zero-order valence-corrected chi connectivity index (χ0v) is 13.3. The van der Waals surface area contributed by atoms with Crippen molar-refractivity contribution >= 4 is 29.3 Å². The van der Waals surface area contributed by atoms with E-state index in [2.05, 4.69) is 10.6 Å². The van der Waals surface area contributed by atoms with E-state index in [1.807, 2.05) is 36.0 Å². The van der Waals surface area contributed by atoms with Gasteiger partial charge >= 0.3 is 0 Å². The summed E-state index contributed by atoms with van der Waals surface area (Å²) in [5.41, 5.74) is 2.18. The molecule has 0 aromatic heterocycles. The van der Waals surface area contributed by atoms with E-state index < -0.39 is 0 Å². The minimum absolute atomic E-state index is 0.0377. The number of anilines is 1. The Bertz CT molecular complexity index is 558. The van der Waals surface area contributed by atoms with Crippen molar-refractivity contribution in [1.82, 2.24) is 10.6 Å². The van der Waals surface area contributed by atoms with Crippen molar-refractivity contribution in [3.63, 3.8) is 0 Å². The van der Waals surface area contributed by atoms with Gasteiger partial charge in [0.2, 0.25) is 11.8 Å². The number of nitrogens with zero attached hydrogens (tertiary/aromatic N) is 1. The van der Waals surface area contributed by atoms with Gasteiger partial charge in [0.05, 0.1) is 6.54 Å². The van der Waals surface area contributed by atoms with E-state index in [4.69, 9.17) is 0 Å². The monoisotopic (exact) mass is 319 g/mol. The largest absolute Gasteiger partial charge is 0.347 e. The van der Waals surface area contributed by atoms with E-state index in [1.165, 1.54) is 5.56 Å². The van der Waals surface area contributed by atoms with Crippen LogP contribution in [0.15, 0.2) is 24.3 Å². The van der Waals surface area contributed by atoms with E-state index in [9.17, 15) is 9.59 Å². The SMILES string of the molecule is O=C(CC1CSCCN1)NCC(=O)N1CCc2ccccc21. The number of hydrogen-bond donors (Lipinski definition) is 2. The van der Waals surface area contributed by atoms with E-state index in [0.29, 0.717) is 13.0 Å². The first-order valence-corrected chi connectivity index (χ1v) is 8.85. The fraction of sp³-hybridized carbons (Fsp3) is 0.500. The van der Waals surface area contributed by atoms with Gasteiger partial charge in [-0.05, 0) is 18.1 Å². The lowest BCUT2D eigenvalue weighted by Crippen LogP contribution is -2.44. The lowest BCUT2D eigenvalue weighted by Gasteiger charge is -2.23. The highest BCUT2D eigenvalue weighted by molar-refractivity contribution is 7.99. The van der Waals surface area contributed by atoms with Crippen LogP contribution in [-0.2, 0) is 16.0 Å². The Balaban J connectivity index is 1.47. The molecule has 1 atom stereocenters. The van der Waals surface area contributed by atoms with Gasteiger partial charge in [0.1, 0.15) is 0 Å². The molecule has 0 bridgehead atoms. The summed E-state index contributed by atoms with van der Waals surface area (Å²) >= 11 is 1.86. The first-order chi connectivity index (χ1) is 10.7. The van der Waals surface area contributed by atoms with Crippen LogP contribution >= 0.6 is 11.8 Å². The topological polar surface area (TPSA) is 61.4 Å². The Morgan fingerprint density at radius 3 is 3.05 bits per heavy atom. The van der Waals surface area contributed by atoms with Crippen LogP contribution in [0, 0.1) is 0 Å². The molecule has 2 heterocycles. The number of amides is 2. The molecule has 1 fully saturated rings. The molecule has 1 saturated heterocycles. The van der Waals surface area contributed by atoms with Gasteiger partial charge in [-0.15, -0.1) is 0 Å². The lowest BCUT2D eigenvalue weighted by atomic mass is 10.2. The fourth-order valence-electron chi connectivity index (χ4n) is 2.91. The molecule has 22 heavy (non-hydrogen) atoms. The Kier molecular flexibility index (Phi) is 5.00. The summed E-state index contributed by atoms with van der Waals surface area (Å²) in [5, 5.41) is 6.09. The highest BCUT2D eigenvalue weighted by Crippen LogP contribution is 2.27. The molecule has 0 aliphatic carbocycles. The number of nitrogens with one attached hydrogen (secondary N) is 2. The fourth-order valence-corrected chi connectivity index (χ4v) is 3.86. The number of benzene rings is 1. The first kappa shape index (κ1) is 15.4. The van der Waals surface area contributed by atoms with Gasteiger partial charge in [-0.3, -0.25) is 9.59 Å². The third-order valence-electron chi connectivity index (χ3n) is 4.06. The zero-order valence-electron chi connectivity index (χ0n) is 12.5. The van der Waals surface area contributed by atoms with E-state index >= 15 is 0 Å². The summed E-state index contributed by atoms with van der Waals surface area (Å²) in [5.74, 6) is 1.97. The predicted octanol–water partition coefficient (Wildman–Crippen LogP) is 0.787. The van der Waals surface area contributed by atoms with Crippen molar-refractivity contribution in [3.05, 3.63) is 29.8 Å². The molecule has 1 aromatic carbocycles. The molecule has 118 valence electrons. The van der Waals surface area contributed by atoms with Crippen molar-refractivity contribution in [2.45, 2.75) is 18.9 Å². The number of para-hydroxylation sites is 1. The normalized spacial score (nSPS) is 20.5. The Morgan fingerprint density at radius 1 is 1.36 bits per heavy atom. The van der Waals surface area contributed by atoms with Crippen LogP contribution in [0.5, 0.6) is 0 Å². The second-order valence-corrected chi connectivity index (χ2v) is 6.78. The minimum Gasteiger partial charge on any atom is -0.347 e. The van der Waals surface area contributed by atoms with Gasteiger partial charge in [0, 0.05) is 42.7 Å². The predicted molar refractivity (Wildman–Crippen MR) is 89.2 cm³/mol. The van der Waals surface area contributed by atoms with Gasteiger partial charge < -0.3 is 15.5 Å². The van der Waals surface area contributed by atoms with Crippen LogP contribution in [0.2, 0.25) is 0 Å². The molecule has 2 aliphatic heterocycles. The van der Waals surface area contributed by atoms with Gasteiger partial charge in [0.25, 0.3) is 0 Å². The van der Waals surface area contributed by atoms with Gasteiger partial charge in [-0.2, -0.15) is 11.8 Å². The molecule has 3 rings (SSSR count). The lowest BCUT2D eigenvalue weighted by molar-refractivity contribution is -0.125. The maximum absolute atomic E-state index is 12.3. The maximum atomic E-state index is 12.3. The summed E-state index contributed by atoms with van der Waals surface area (Å²) in [6, 6.07) is 8.17. The highest BCUT2D eigenvalue weighted by Gasteiger charge is 2.24. The van der Waals surface area contributed by atoms with Crippen LogP contribution in [-0.4, -0.2) is 49.0 Å². The molecule has 1 unspecified atom stereocenters. The number of fused-ring (bicyclic) bond motifs is 1. The maximum Gasteiger partial charge on any atom is 0.246 e. The molecule has 2 amide bonds. The molecular formula is C16H21N3O2S. The van der Waals surface area contributed by atoms with Crippen LogP contribution in [0.4, 0.5) is 5.69 Å². The molecule has 0 radical (unpaired) electrons. The Labute approximate surface area is 134 Å². The van der Waals surface area contributed by atoms with E-state index in [1.54, 1.807) is 4.90 Å². The summed E-state index contributed by atoms with van der Waals surface area (Å²) in [4.78, 5) is 26.0. The van der Waals surface area contributed by atoms with Crippen LogP contribution in [0.25, 0.3) is 0 Å². The molecule has 2 aliphatic rings. The first-order valence-electron chi connectivity index (χ1n) is 7.70. The van der Waals surface area contributed by atoms with Crippen LogP contribution in [0.1, 0.15) is 12.0 Å². The quantitative estimate of drug-likeness (QED) is 0.861. The van der Waals surface area contributed by atoms with E-state index in [-0.39, 0.29) is 24.4 Å². The summed E-state index contributed by atoms with van der Waals surface area (Å²) < 4.78 is 0. The average molecular weight is 319 g/mol. The molecular weight excluding hydrogens is 298 g/mol. The highest BCUT2D eigenvalue weighted by atomic mass is 32.2. The number of hydrogen-bond acceptors (Lipinski definition) is 4. The van der Waals surface area contributed by atoms with Crippen molar-refractivity contribution < 1.29 is 9.59 Å². The molecule has 0 saturated carbocycles. The summed E-state index contributed by atoms with van der Waals surface area (Å²) in [6.07, 6.45) is 1.33.